The zero-order chi connectivity index (χ0) is 13.2. The van der Waals surface area contributed by atoms with E-state index in [1.54, 1.807) is 0 Å². The van der Waals surface area contributed by atoms with Gasteiger partial charge in [-0.2, -0.15) is 12.6 Å². The monoisotopic (exact) mass is 268 g/mol. The van der Waals surface area contributed by atoms with Crippen LogP contribution in [0.4, 0.5) is 0 Å². The van der Waals surface area contributed by atoms with Crippen LogP contribution in [0.25, 0.3) is 0 Å². The van der Waals surface area contributed by atoms with Gasteiger partial charge in [-0.3, -0.25) is 0 Å². The minimum Gasteiger partial charge on any atom is -0.477 e. The van der Waals surface area contributed by atoms with Crippen LogP contribution in [0.2, 0.25) is 0 Å². The van der Waals surface area contributed by atoms with Crippen LogP contribution in [0.5, 0.6) is 0 Å². The highest BCUT2D eigenvalue weighted by Crippen LogP contribution is 2.34. The Kier molecular flexibility index (Phi) is 4.76. The molecule has 0 spiro atoms. The molecule has 1 fully saturated rings. The fraction of sp³-hybridized carbons (Fsp3) is 0.889. The summed E-state index contributed by atoms with van der Waals surface area (Å²) in [7, 11) is 1.15. The van der Waals surface area contributed by atoms with Gasteiger partial charge in [-0.05, 0) is 0 Å². The molecule has 1 saturated heterocycles. The van der Waals surface area contributed by atoms with Gasteiger partial charge in [-0.1, -0.05) is 0 Å². The molecule has 5 atom stereocenters. The van der Waals surface area contributed by atoms with Crippen molar-refractivity contribution in [3.05, 3.63) is 0 Å². The van der Waals surface area contributed by atoms with E-state index in [0.29, 0.717) is 0 Å². The molecular weight excluding hydrogens is 252 g/mol. The topological polar surface area (TPSA) is 116 Å². The van der Waals surface area contributed by atoms with E-state index in [4.69, 9.17) is 19.7 Å². The van der Waals surface area contributed by atoms with E-state index in [1.165, 1.54) is 0 Å². The minimum absolute atomic E-state index is 0.169. The van der Waals surface area contributed by atoms with Gasteiger partial charge in [-0.15, -0.1) is 0 Å². The maximum absolute atomic E-state index is 11.1. The number of carboxylic acid groups (broad SMARTS) is 1. The maximum atomic E-state index is 11.1. The number of aliphatic hydroxyl groups excluding tert-OH is 3. The Morgan fingerprint density at radius 3 is 2.71 bits per heavy atom. The second kappa shape index (κ2) is 5.51. The first kappa shape index (κ1) is 14.7. The highest BCUT2D eigenvalue weighted by atomic mass is 32.1. The minimum atomic E-state index is -1.97. The Morgan fingerprint density at radius 2 is 2.29 bits per heavy atom. The smallest absolute Gasteiger partial charge is 0.364 e. The Bertz CT molecular complexity index is 287. The summed E-state index contributed by atoms with van der Waals surface area (Å²) in [4.78, 5) is 11.1. The van der Waals surface area contributed by atoms with Gasteiger partial charge in [-0.25, -0.2) is 4.79 Å². The number of ether oxygens (including phenoxy) is 2. The summed E-state index contributed by atoms with van der Waals surface area (Å²) >= 11 is 4.04. The van der Waals surface area contributed by atoms with Gasteiger partial charge >= 0.3 is 5.97 Å². The zero-order valence-electron chi connectivity index (χ0n) is 9.18. The fourth-order valence-corrected chi connectivity index (χ4v) is 2.13. The molecule has 0 aliphatic carbocycles. The van der Waals surface area contributed by atoms with Crippen LogP contribution in [0.15, 0.2) is 0 Å². The summed E-state index contributed by atoms with van der Waals surface area (Å²) in [6.07, 6.45) is -4.04. The molecule has 0 bridgehead atoms. The number of methoxy groups -OCH3 is 1. The van der Waals surface area contributed by atoms with Gasteiger partial charge in [0.1, 0.15) is 12.2 Å². The summed E-state index contributed by atoms with van der Waals surface area (Å²) in [5.41, 5.74) is 0. The van der Waals surface area contributed by atoms with Gasteiger partial charge in [0, 0.05) is 18.8 Å². The molecule has 1 aliphatic heterocycles. The van der Waals surface area contributed by atoms with Crippen molar-refractivity contribution < 1.29 is 34.7 Å². The molecule has 0 saturated carbocycles. The summed E-state index contributed by atoms with van der Waals surface area (Å²) in [6.45, 7) is -0.665. The molecule has 17 heavy (non-hydrogen) atoms. The van der Waals surface area contributed by atoms with Crippen molar-refractivity contribution in [3.63, 3.8) is 0 Å². The van der Waals surface area contributed by atoms with Crippen molar-refractivity contribution in [1.82, 2.24) is 0 Å². The molecule has 1 heterocycles. The van der Waals surface area contributed by atoms with Crippen molar-refractivity contribution in [2.45, 2.75) is 35.8 Å². The number of carboxylic acids is 1. The predicted octanol–water partition coefficient (Wildman–Crippen LogP) is -1.78. The first-order valence-corrected chi connectivity index (χ1v) is 5.51. The van der Waals surface area contributed by atoms with Crippen molar-refractivity contribution >= 4 is 18.6 Å². The normalized spacial score (nSPS) is 39.9. The lowest BCUT2D eigenvalue weighted by Crippen LogP contribution is -2.61. The molecule has 1 aliphatic rings. The number of aliphatic carboxylic acids is 1. The van der Waals surface area contributed by atoms with E-state index in [2.05, 4.69) is 12.6 Å². The lowest BCUT2D eigenvalue weighted by molar-refractivity contribution is -0.296. The van der Waals surface area contributed by atoms with Crippen LogP contribution in [0.3, 0.4) is 0 Å². The molecule has 4 N–H and O–H groups in total. The Morgan fingerprint density at radius 1 is 1.71 bits per heavy atom. The molecule has 8 heteroatoms. The van der Waals surface area contributed by atoms with Crippen LogP contribution in [0.1, 0.15) is 6.42 Å². The lowest BCUT2D eigenvalue weighted by Gasteiger charge is -2.43. The van der Waals surface area contributed by atoms with Crippen LogP contribution >= 0.6 is 12.6 Å². The second-order valence-corrected chi connectivity index (χ2v) is 4.52. The summed E-state index contributed by atoms with van der Waals surface area (Å²) in [5.74, 6) is -3.34. The SMILES string of the molecule is CO[C@@]1(C(=O)O)C[C@@H](S)[C@@H](O)[C@@H]([C@H](O)CO)O1. The van der Waals surface area contributed by atoms with Gasteiger partial charge in [0.25, 0.3) is 5.79 Å². The van der Waals surface area contributed by atoms with E-state index in [0.717, 1.165) is 7.11 Å². The van der Waals surface area contributed by atoms with E-state index < -0.39 is 41.9 Å². The zero-order valence-corrected chi connectivity index (χ0v) is 10.1. The van der Waals surface area contributed by atoms with Crippen molar-refractivity contribution in [2.75, 3.05) is 13.7 Å². The van der Waals surface area contributed by atoms with Crippen LogP contribution in [0, 0.1) is 0 Å². The number of rotatable bonds is 4. The molecule has 0 unspecified atom stereocenters. The number of aliphatic hydroxyl groups is 3. The van der Waals surface area contributed by atoms with Crippen molar-refractivity contribution in [3.8, 4) is 0 Å². The second-order valence-electron chi connectivity index (χ2n) is 3.86. The Hall–Kier alpha value is -0.380. The van der Waals surface area contributed by atoms with Gasteiger partial charge < -0.3 is 29.9 Å². The highest BCUT2D eigenvalue weighted by molar-refractivity contribution is 7.81. The maximum Gasteiger partial charge on any atom is 0.364 e. The van der Waals surface area contributed by atoms with Crippen LogP contribution in [-0.4, -0.2) is 69.5 Å². The molecule has 7 nitrogen and oxygen atoms in total. The third-order valence-electron chi connectivity index (χ3n) is 2.76. The van der Waals surface area contributed by atoms with Gasteiger partial charge in [0.05, 0.1) is 12.7 Å². The van der Waals surface area contributed by atoms with Crippen LogP contribution in [-0.2, 0) is 14.3 Å². The molecule has 0 aromatic rings. The first-order chi connectivity index (χ1) is 7.88. The van der Waals surface area contributed by atoms with E-state index in [9.17, 15) is 15.0 Å². The number of carbonyl (C=O) groups is 1. The molecule has 0 radical (unpaired) electrons. The largest absolute Gasteiger partial charge is 0.477 e. The number of thiol groups is 1. The van der Waals surface area contributed by atoms with Crippen molar-refractivity contribution in [2.24, 2.45) is 0 Å². The quantitative estimate of drug-likeness (QED) is 0.382. The molecule has 1 rings (SSSR count). The average Bonchev–Trinajstić information content (AvgIpc) is 2.31. The summed E-state index contributed by atoms with van der Waals surface area (Å²) < 4.78 is 9.90. The van der Waals surface area contributed by atoms with E-state index >= 15 is 0 Å². The standard InChI is InChI=1S/C9H16O7S/c1-15-9(8(13)14)2-5(17)6(12)7(16-9)4(11)3-10/h4-7,10-12,17H,2-3H2,1H3,(H,13,14)/t4-,5-,6-,7-,9+/m1/s1. The highest BCUT2D eigenvalue weighted by Gasteiger charge is 2.53. The van der Waals surface area contributed by atoms with Gasteiger partial charge in [0.2, 0.25) is 0 Å². The third kappa shape index (κ3) is 2.72. The molecule has 0 aromatic carbocycles. The number of hydrogen-bond donors (Lipinski definition) is 5. The first-order valence-electron chi connectivity index (χ1n) is 4.99. The molecule has 100 valence electrons. The lowest BCUT2D eigenvalue weighted by atomic mass is 9.94. The van der Waals surface area contributed by atoms with Crippen LogP contribution < -0.4 is 0 Å². The average molecular weight is 268 g/mol. The Balaban J connectivity index is 2.96. The Labute approximate surface area is 103 Å². The predicted molar refractivity (Wildman–Crippen MR) is 58.7 cm³/mol. The molecule has 0 amide bonds. The van der Waals surface area contributed by atoms with E-state index in [-0.39, 0.29) is 6.42 Å². The fourth-order valence-electron chi connectivity index (χ4n) is 1.72. The van der Waals surface area contributed by atoms with E-state index in [1.807, 2.05) is 0 Å². The van der Waals surface area contributed by atoms with Crippen molar-refractivity contribution in [1.29, 1.82) is 0 Å². The molecule has 0 aromatic heterocycles. The third-order valence-corrected chi connectivity index (χ3v) is 3.25. The molecular formula is C9H16O7S. The number of hydrogen-bond acceptors (Lipinski definition) is 7. The summed E-state index contributed by atoms with van der Waals surface area (Å²) in [6, 6.07) is 0. The van der Waals surface area contributed by atoms with Gasteiger partial charge in [0.15, 0.2) is 0 Å². The summed E-state index contributed by atoms with van der Waals surface area (Å²) in [5, 5.41) is 36.3.